The molecule has 0 aromatic rings. The molecule has 1 aliphatic heterocycles. The quantitative estimate of drug-likeness (QED) is 0.703. The van der Waals surface area contributed by atoms with Crippen molar-refractivity contribution in [3.8, 4) is 0 Å². The summed E-state index contributed by atoms with van der Waals surface area (Å²) >= 11 is 0. The molecule has 4 heteroatoms. The number of nitrogens with one attached hydrogen (secondary N) is 2. The van der Waals surface area contributed by atoms with Crippen LogP contribution in [0, 0.1) is 11.8 Å². The van der Waals surface area contributed by atoms with Crippen LogP contribution >= 0.6 is 0 Å². The summed E-state index contributed by atoms with van der Waals surface area (Å²) in [6.07, 6.45) is 6.76. The average molecular weight is 254 g/mol. The molecule has 2 aliphatic rings. The largest absolute Gasteiger partial charge is 0.376 e. The highest BCUT2D eigenvalue weighted by molar-refractivity contribution is 5.78. The maximum Gasteiger partial charge on any atom is 0.223 e. The van der Waals surface area contributed by atoms with Gasteiger partial charge in [-0.15, -0.1) is 0 Å². The third-order valence-corrected chi connectivity index (χ3v) is 4.24. The monoisotopic (exact) mass is 254 g/mol. The molecule has 0 bridgehead atoms. The molecule has 1 aliphatic carbocycles. The lowest BCUT2D eigenvalue weighted by atomic mass is 9.88. The van der Waals surface area contributed by atoms with Crippen LogP contribution in [-0.4, -0.2) is 38.3 Å². The van der Waals surface area contributed by atoms with Gasteiger partial charge in [-0.1, -0.05) is 26.2 Å². The van der Waals surface area contributed by atoms with Crippen LogP contribution in [0.2, 0.25) is 0 Å². The Kier molecular flexibility index (Phi) is 5.45. The highest BCUT2D eigenvalue weighted by atomic mass is 16.5. The first-order chi connectivity index (χ1) is 8.77. The van der Waals surface area contributed by atoms with E-state index in [0.717, 1.165) is 13.1 Å². The molecule has 18 heavy (non-hydrogen) atoms. The third kappa shape index (κ3) is 3.95. The topological polar surface area (TPSA) is 50.4 Å². The van der Waals surface area contributed by atoms with E-state index in [9.17, 15) is 4.79 Å². The summed E-state index contributed by atoms with van der Waals surface area (Å²) in [7, 11) is 0. The Morgan fingerprint density at radius 2 is 2.06 bits per heavy atom. The fourth-order valence-electron chi connectivity index (χ4n) is 2.67. The zero-order valence-corrected chi connectivity index (χ0v) is 11.4. The molecule has 4 nitrogen and oxygen atoms in total. The molecule has 0 spiro atoms. The SMILES string of the molecule is CC(C(=O)NCCOC1CCCCC1)C1CNC1. The molecule has 0 aromatic heterocycles. The summed E-state index contributed by atoms with van der Waals surface area (Å²) in [5.41, 5.74) is 0. The Hall–Kier alpha value is -0.610. The molecule has 2 rings (SSSR count). The first kappa shape index (κ1) is 13.8. The van der Waals surface area contributed by atoms with E-state index in [1.54, 1.807) is 0 Å². The zero-order chi connectivity index (χ0) is 12.8. The second kappa shape index (κ2) is 7.10. The molecular weight excluding hydrogens is 228 g/mol. The van der Waals surface area contributed by atoms with Crippen molar-refractivity contribution in [3.63, 3.8) is 0 Å². The number of hydrogen-bond donors (Lipinski definition) is 2. The molecule has 104 valence electrons. The second-order valence-electron chi connectivity index (χ2n) is 5.63. The van der Waals surface area contributed by atoms with E-state index < -0.39 is 0 Å². The number of rotatable bonds is 6. The van der Waals surface area contributed by atoms with Crippen LogP contribution in [0.1, 0.15) is 39.0 Å². The summed E-state index contributed by atoms with van der Waals surface area (Å²) in [5.74, 6) is 0.818. The van der Waals surface area contributed by atoms with Gasteiger partial charge in [0.15, 0.2) is 0 Å². The molecule has 1 unspecified atom stereocenters. The predicted octanol–water partition coefficient (Wildman–Crippen LogP) is 1.31. The Bertz CT molecular complexity index is 261. The van der Waals surface area contributed by atoms with E-state index in [2.05, 4.69) is 10.6 Å². The van der Waals surface area contributed by atoms with E-state index in [1.165, 1.54) is 32.1 Å². The van der Waals surface area contributed by atoms with Gasteiger partial charge in [0.25, 0.3) is 0 Å². The van der Waals surface area contributed by atoms with Crippen molar-refractivity contribution in [2.45, 2.75) is 45.1 Å². The maximum atomic E-state index is 11.8. The molecule has 1 saturated heterocycles. The summed E-state index contributed by atoms with van der Waals surface area (Å²) in [6, 6.07) is 0. The standard InChI is InChI=1S/C14H26N2O2/c1-11(12-9-15-10-12)14(17)16-7-8-18-13-5-3-2-4-6-13/h11-13,15H,2-10H2,1H3,(H,16,17). The highest BCUT2D eigenvalue weighted by Crippen LogP contribution is 2.20. The van der Waals surface area contributed by atoms with Crippen molar-refractivity contribution < 1.29 is 9.53 Å². The third-order valence-electron chi connectivity index (χ3n) is 4.24. The van der Waals surface area contributed by atoms with Crippen LogP contribution < -0.4 is 10.6 Å². The van der Waals surface area contributed by atoms with Gasteiger partial charge in [-0.2, -0.15) is 0 Å². The molecule has 1 amide bonds. The molecular formula is C14H26N2O2. The van der Waals surface area contributed by atoms with Gasteiger partial charge < -0.3 is 15.4 Å². The Labute approximate surface area is 110 Å². The lowest BCUT2D eigenvalue weighted by Crippen LogP contribution is -2.49. The number of ether oxygens (including phenoxy) is 1. The normalized spacial score (nSPS) is 23.4. The van der Waals surface area contributed by atoms with Gasteiger partial charge in [0.1, 0.15) is 0 Å². The Morgan fingerprint density at radius 3 is 2.67 bits per heavy atom. The van der Waals surface area contributed by atoms with Gasteiger partial charge in [0.05, 0.1) is 12.7 Å². The van der Waals surface area contributed by atoms with E-state index in [-0.39, 0.29) is 11.8 Å². The minimum atomic E-state index is 0.126. The van der Waals surface area contributed by atoms with Crippen LogP contribution in [0.5, 0.6) is 0 Å². The van der Waals surface area contributed by atoms with E-state index >= 15 is 0 Å². The number of carbonyl (C=O) groups is 1. The minimum absolute atomic E-state index is 0.126. The van der Waals surface area contributed by atoms with Gasteiger partial charge in [0, 0.05) is 12.5 Å². The van der Waals surface area contributed by atoms with Crippen molar-refractivity contribution in [1.82, 2.24) is 10.6 Å². The molecule has 0 aromatic carbocycles. The van der Waals surface area contributed by atoms with Crippen LogP contribution in [0.25, 0.3) is 0 Å². The molecule has 0 radical (unpaired) electrons. The van der Waals surface area contributed by atoms with Crippen molar-refractivity contribution >= 4 is 5.91 Å². The van der Waals surface area contributed by atoms with Gasteiger partial charge >= 0.3 is 0 Å². The van der Waals surface area contributed by atoms with Gasteiger partial charge in [-0.25, -0.2) is 0 Å². The van der Waals surface area contributed by atoms with Gasteiger partial charge in [-0.3, -0.25) is 4.79 Å². The lowest BCUT2D eigenvalue weighted by Gasteiger charge is -2.31. The van der Waals surface area contributed by atoms with Crippen LogP contribution in [0.4, 0.5) is 0 Å². The van der Waals surface area contributed by atoms with Crippen molar-refractivity contribution in [3.05, 3.63) is 0 Å². The lowest BCUT2D eigenvalue weighted by molar-refractivity contribution is -0.127. The average Bonchev–Trinajstić information content (AvgIpc) is 2.33. The first-order valence-electron chi connectivity index (χ1n) is 7.37. The summed E-state index contributed by atoms with van der Waals surface area (Å²) < 4.78 is 5.79. The summed E-state index contributed by atoms with van der Waals surface area (Å²) in [6.45, 7) is 5.29. The summed E-state index contributed by atoms with van der Waals surface area (Å²) in [5, 5.41) is 6.18. The van der Waals surface area contributed by atoms with Crippen molar-refractivity contribution in [1.29, 1.82) is 0 Å². The fourth-order valence-corrected chi connectivity index (χ4v) is 2.67. The van der Waals surface area contributed by atoms with E-state index in [0.29, 0.717) is 25.2 Å². The van der Waals surface area contributed by atoms with Crippen LogP contribution in [0.3, 0.4) is 0 Å². The molecule has 2 N–H and O–H groups in total. The minimum Gasteiger partial charge on any atom is -0.376 e. The van der Waals surface area contributed by atoms with E-state index in [1.807, 2.05) is 6.92 Å². The Balaban J connectivity index is 1.52. The highest BCUT2D eigenvalue weighted by Gasteiger charge is 2.28. The van der Waals surface area contributed by atoms with Crippen molar-refractivity contribution in [2.75, 3.05) is 26.2 Å². The first-order valence-corrected chi connectivity index (χ1v) is 7.37. The van der Waals surface area contributed by atoms with Crippen LogP contribution in [0.15, 0.2) is 0 Å². The maximum absolute atomic E-state index is 11.8. The number of carbonyl (C=O) groups excluding carboxylic acids is 1. The van der Waals surface area contributed by atoms with Gasteiger partial charge in [-0.05, 0) is 31.8 Å². The smallest absolute Gasteiger partial charge is 0.223 e. The molecule has 1 saturated carbocycles. The molecule has 1 heterocycles. The Morgan fingerprint density at radius 1 is 1.33 bits per heavy atom. The number of hydrogen-bond acceptors (Lipinski definition) is 3. The predicted molar refractivity (Wildman–Crippen MR) is 71.4 cm³/mol. The van der Waals surface area contributed by atoms with Gasteiger partial charge in [0.2, 0.25) is 5.91 Å². The number of amides is 1. The summed E-state index contributed by atoms with van der Waals surface area (Å²) in [4.78, 5) is 11.8. The second-order valence-corrected chi connectivity index (χ2v) is 5.63. The van der Waals surface area contributed by atoms with Crippen LogP contribution in [-0.2, 0) is 9.53 Å². The fraction of sp³-hybridized carbons (Fsp3) is 0.929. The molecule has 1 atom stereocenters. The zero-order valence-electron chi connectivity index (χ0n) is 11.4. The molecule has 2 fully saturated rings. The van der Waals surface area contributed by atoms with Crippen molar-refractivity contribution in [2.24, 2.45) is 11.8 Å². The van der Waals surface area contributed by atoms with E-state index in [4.69, 9.17) is 4.74 Å².